The van der Waals surface area contributed by atoms with Crippen molar-refractivity contribution in [3.8, 4) is 0 Å². The molecule has 1 heterocycles. The van der Waals surface area contributed by atoms with E-state index in [2.05, 4.69) is 0 Å². The first-order chi connectivity index (χ1) is 7.06. The van der Waals surface area contributed by atoms with E-state index < -0.39 is 24.6 Å². The highest BCUT2D eigenvalue weighted by Crippen LogP contribution is 2.40. The molecule has 0 spiro atoms. The fourth-order valence-corrected chi connectivity index (χ4v) is 2.81. The van der Waals surface area contributed by atoms with E-state index in [1.165, 1.54) is 0 Å². The van der Waals surface area contributed by atoms with Crippen molar-refractivity contribution in [2.24, 2.45) is 5.92 Å². The second-order valence-electron chi connectivity index (χ2n) is 4.52. The van der Waals surface area contributed by atoms with Gasteiger partial charge in [0.25, 0.3) is 5.92 Å². The van der Waals surface area contributed by atoms with Gasteiger partial charge in [0, 0.05) is 0 Å². The summed E-state index contributed by atoms with van der Waals surface area (Å²) in [6.07, 6.45) is 2.43. The van der Waals surface area contributed by atoms with Crippen LogP contribution in [0.3, 0.4) is 0 Å². The van der Waals surface area contributed by atoms with Crippen LogP contribution < -0.4 is 0 Å². The van der Waals surface area contributed by atoms with E-state index >= 15 is 0 Å². The Balaban J connectivity index is 2.16. The van der Waals surface area contributed by atoms with Crippen molar-refractivity contribution in [1.29, 1.82) is 0 Å². The predicted octanol–water partition coefficient (Wildman–Crippen LogP) is 1.01. The summed E-state index contributed by atoms with van der Waals surface area (Å²) in [5, 5.41) is 9.53. The maximum absolute atomic E-state index is 13.2. The molecule has 2 aliphatic rings. The van der Waals surface area contributed by atoms with E-state index in [0.717, 1.165) is 30.6 Å². The number of nitrogens with zero attached hydrogens (tertiary/aromatic N) is 1. The summed E-state index contributed by atoms with van der Waals surface area (Å²) in [6, 6.07) is -0.681. The molecule has 3 nitrogen and oxygen atoms in total. The molecule has 0 aromatic carbocycles. The lowest BCUT2D eigenvalue weighted by Crippen LogP contribution is -2.42. The molecule has 15 heavy (non-hydrogen) atoms. The molecular weight excluding hydrogens is 204 g/mol. The predicted molar refractivity (Wildman–Crippen MR) is 49.5 cm³/mol. The minimum atomic E-state index is -3.14. The van der Waals surface area contributed by atoms with Crippen molar-refractivity contribution >= 4 is 6.41 Å². The summed E-state index contributed by atoms with van der Waals surface area (Å²) in [7, 11) is 0. The quantitative estimate of drug-likeness (QED) is 0.704. The third kappa shape index (κ3) is 1.73. The molecule has 1 aliphatic heterocycles. The van der Waals surface area contributed by atoms with E-state index in [-0.39, 0.29) is 5.92 Å². The minimum absolute atomic E-state index is 0.0403. The average molecular weight is 219 g/mol. The molecule has 0 aromatic rings. The summed E-state index contributed by atoms with van der Waals surface area (Å²) in [4.78, 5) is 11.8. The van der Waals surface area contributed by atoms with Gasteiger partial charge in [-0.15, -0.1) is 0 Å². The summed E-state index contributed by atoms with van der Waals surface area (Å²) in [5.74, 6) is -3.10. The zero-order chi connectivity index (χ0) is 11.1. The van der Waals surface area contributed by atoms with Crippen molar-refractivity contribution in [1.82, 2.24) is 4.90 Å². The normalized spacial score (nSPS) is 36.1. The number of aliphatic hydroxyl groups excluding tert-OH is 1. The van der Waals surface area contributed by atoms with Crippen LogP contribution in [0, 0.1) is 5.92 Å². The highest BCUT2D eigenvalue weighted by atomic mass is 19.3. The van der Waals surface area contributed by atoms with Crippen molar-refractivity contribution in [2.45, 2.75) is 43.8 Å². The van der Waals surface area contributed by atoms with Gasteiger partial charge in [-0.1, -0.05) is 12.8 Å². The molecule has 1 aliphatic carbocycles. The van der Waals surface area contributed by atoms with E-state index in [1.54, 1.807) is 0 Å². The Kier molecular flexibility index (Phi) is 2.66. The van der Waals surface area contributed by atoms with Gasteiger partial charge in [-0.3, -0.25) is 4.79 Å². The van der Waals surface area contributed by atoms with E-state index in [1.807, 2.05) is 0 Å². The Morgan fingerprint density at radius 1 is 1.33 bits per heavy atom. The lowest BCUT2D eigenvalue weighted by atomic mass is 9.93. The zero-order valence-electron chi connectivity index (χ0n) is 8.40. The van der Waals surface area contributed by atoms with Gasteiger partial charge >= 0.3 is 0 Å². The van der Waals surface area contributed by atoms with Gasteiger partial charge in [0.2, 0.25) is 6.41 Å². The molecule has 2 atom stereocenters. The van der Waals surface area contributed by atoms with Crippen LogP contribution in [-0.4, -0.2) is 41.0 Å². The van der Waals surface area contributed by atoms with Gasteiger partial charge in [-0.05, 0) is 18.8 Å². The van der Waals surface area contributed by atoms with Crippen LogP contribution >= 0.6 is 0 Å². The average Bonchev–Trinajstić information content (AvgIpc) is 2.75. The molecule has 1 saturated heterocycles. The van der Waals surface area contributed by atoms with Crippen molar-refractivity contribution in [3.63, 3.8) is 0 Å². The number of hydrogen-bond acceptors (Lipinski definition) is 2. The number of carbonyl (C=O) groups is 1. The first kappa shape index (κ1) is 10.8. The first-order valence-electron chi connectivity index (χ1n) is 5.33. The van der Waals surface area contributed by atoms with E-state index in [9.17, 15) is 18.7 Å². The topological polar surface area (TPSA) is 40.5 Å². The molecule has 2 unspecified atom stereocenters. The number of amides is 1. The fraction of sp³-hybridized carbons (Fsp3) is 0.900. The van der Waals surface area contributed by atoms with Crippen molar-refractivity contribution < 1.29 is 18.7 Å². The van der Waals surface area contributed by atoms with E-state index in [0.29, 0.717) is 6.41 Å². The van der Waals surface area contributed by atoms with E-state index in [4.69, 9.17) is 0 Å². The number of rotatable bonds is 2. The minimum Gasteiger partial charge on any atom is -0.385 e. The Morgan fingerprint density at radius 3 is 2.47 bits per heavy atom. The summed E-state index contributed by atoms with van der Waals surface area (Å²) in [6.45, 7) is -0.640. The van der Waals surface area contributed by atoms with Gasteiger partial charge in [0.05, 0.1) is 12.6 Å². The Morgan fingerprint density at radius 2 is 1.93 bits per heavy atom. The van der Waals surface area contributed by atoms with Gasteiger partial charge in [-0.25, -0.2) is 8.78 Å². The smallest absolute Gasteiger partial charge is 0.292 e. The van der Waals surface area contributed by atoms with Crippen molar-refractivity contribution in [2.75, 3.05) is 6.54 Å². The molecule has 5 heteroatoms. The third-order valence-corrected chi connectivity index (χ3v) is 3.55. The highest BCUT2D eigenvalue weighted by molar-refractivity contribution is 5.49. The highest BCUT2D eigenvalue weighted by Gasteiger charge is 2.55. The van der Waals surface area contributed by atoms with Crippen LogP contribution in [0.1, 0.15) is 25.7 Å². The zero-order valence-corrected chi connectivity index (χ0v) is 8.40. The largest absolute Gasteiger partial charge is 0.385 e. The fourth-order valence-electron chi connectivity index (χ4n) is 2.81. The summed E-state index contributed by atoms with van der Waals surface area (Å²) in [5.41, 5.74) is 0. The molecular formula is C10H15F2NO2. The van der Waals surface area contributed by atoms with Crippen LogP contribution in [0.25, 0.3) is 0 Å². The standard InChI is InChI=1S/C10H15F2NO2/c11-10(12)5-13(6-14)8(9(10)15)7-3-1-2-4-7/h6-9,15H,1-5H2. The van der Waals surface area contributed by atoms with Gasteiger partial charge in [0.15, 0.2) is 0 Å². The number of hydrogen-bond donors (Lipinski definition) is 1. The number of halogens is 2. The van der Waals surface area contributed by atoms with Gasteiger partial charge < -0.3 is 10.0 Å². The molecule has 0 bridgehead atoms. The Hall–Kier alpha value is -0.710. The third-order valence-electron chi connectivity index (χ3n) is 3.55. The lowest BCUT2D eigenvalue weighted by Gasteiger charge is -2.27. The molecule has 0 radical (unpaired) electrons. The Bertz CT molecular complexity index is 254. The molecule has 1 amide bonds. The van der Waals surface area contributed by atoms with Crippen LogP contribution in [0.2, 0.25) is 0 Å². The number of likely N-dealkylation sites (tertiary alicyclic amines) is 1. The molecule has 1 saturated carbocycles. The maximum atomic E-state index is 13.2. The van der Waals surface area contributed by atoms with Crippen LogP contribution in [0.15, 0.2) is 0 Å². The van der Waals surface area contributed by atoms with Crippen LogP contribution in [0.5, 0.6) is 0 Å². The number of aliphatic hydroxyl groups is 1. The lowest BCUT2D eigenvalue weighted by molar-refractivity contribution is -0.120. The first-order valence-corrected chi connectivity index (χ1v) is 5.33. The Labute approximate surface area is 87.1 Å². The SMILES string of the molecule is O=CN1CC(F)(F)C(O)C1C1CCCC1. The number of alkyl halides is 2. The second-order valence-corrected chi connectivity index (χ2v) is 4.52. The monoisotopic (exact) mass is 219 g/mol. The second kappa shape index (κ2) is 3.70. The van der Waals surface area contributed by atoms with Gasteiger partial charge in [0.1, 0.15) is 6.10 Å². The van der Waals surface area contributed by atoms with Gasteiger partial charge in [-0.2, -0.15) is 0 Å². The molecule has 86 valence electrons. The number of carbonyl (C=O) groups excluding carboxylic acids is 1. The molecule has 2 rings (SSSR count). The van der Waals surface area contributed by atoms with Crippen molar-refractivity contribution in [3.05, 3.63) is 0 Å². The molecule has 1 N–H and O–H groups in total. The van der Waals surface area contributed by atoms with Crippen LogP contribution in [-0.2, 0) is 4.79 Å². The van der Waals surface area contributed by atoms with Crippen LogP contribution in [0.4, 0.5) is 8.78 Å². The summed E-state index contributed by atoms with van der Waals surface area (Å²) >= 11 is 0. The maximum Gasteiger partial charge on any atom is 0.292 e. The summed E-state index contributed by atoms with van der Waals surface area (Å²) < 4.78 is 26.5. The molecule has 2 fully saturated rings. The molecule has 0 aromatic heterocycles.